The fourth-order valence-electron chi connectivity index (χ4n) is 2.58. The summed E-state index contributed by atoms with van der Waals surface area (Å²) in [6.45, 7) is 1.02. The minimum atomic E-state index is -0.798. The summed E-state index contributed by atoms with van der Waals surface area (Å²) in [5.41, 5.74) is -0.0439. The van der Waals surface area contributed by atoms with Gasteiger partial charge in [-0.05, 0) is 36.4 Å². The van der Waals surface area contributed by atoms with E-state index in [2.05, 4.69) is 0 Å². The minimum absolute atomic E-state index is 0.0439. The van der Waals surface area contributed by atoms with Gasteiger partial charge in [-0.2, -0.15) is 0 Å². The number of rotatable bonds is 4. The molecule has 0 aliphatic carbocycles. The lowest BCUT2D eigenvalue weighted by molar-refractivity contribution is -0.0401. The second-order valence-electron chi connectivity index (χ2n) is 5.67. The average Bonchev–Trinajstić information content (AvgIpc) is 2.60. The largest absolute Gasteiger partial charge is 0.491 e. The average molecular weight is 351 g/mol. The van der Waals surface area contributed by atoms with Gasteiger partial charge in [-0.15, -0.1) is 0 Å². The van der Waals surface area contributed by atoms with E-state index in [4.69, 9.17) is 9.47 Å². The minimum Gasteiger partial charge on any atom is -0.491 e. The molecule has 1 heterocycles. The molecule has 1 aliphatic heterocycles. The summed E-state index contributed by atoms with van der Waals surface area (Å²) < 4.78 is 50.5. The Balaban J connectivity index is 1.60. The van der Waals surface area contributed by atoms with E-state index < -0.39 is 17.5 Å². The highest BCUT2D eigenvalue weighted by atomic mass is 19.1. The molecule has 0 saturated carbocycles. The van der Waals surface area contributed by atoms with Crippen LogP contribution in [0.3, 0.4) is 0 Å². The van der Waals surface area contributed by atoms with Crippen LogP contribution in [-0.2, 0) is 4.74 Å². The van der Waals surface area contributed by atoms with E-state index >= 15 is 0 Å². The van der Waals surface area contributed by atoms with E-state index in [1.807, 2.05) is 0 Å². The SMILES string of the molecule is O=C(c1cc(F)cc(F)c1)N1CCOC(COc2ccc(F)cc2)C1. The molecule has 25 heavy (non-hydrogen) atoms. The lowest BCUT2D eigenvalue weighted by Crippen LogP contribution is -2.47. The van der Waals surface area contributed by atoms with Crippen LogP contribution in [0.15, 0.2) is 42.5 Å². The predicted molar refractivity (Wildman–Crippen MR) is 83.9 cm³/mol. The summed E-state index contributed by atoms with van der Waals surface area (Å²) in [7, 11) is 0. The van der Waals surface area contributed by atoms with Gasteiger partial charge in [0.15, 0.2) is 0 Å². The normalized spacial score (nSPS) is 17.4. The lowest BCUT2D eigenvalue weighted by atomic mass is 10.1. The molecule has 0 bridgehead atoms. The summed E-state index contributed by atoms with van der Waals surface area (Å²) in [5.74, 6) is -1.94. The second kappa shape index (κ2) is 7.57. The molecule has 1 unspecified atom stereocenters. The van der Waals surface area contributed by atoms with E-state index in [-0.39, 0.29) is 30.6 Å². The number of hydrogen-bond acceptors (Lipinski definition) is 3. The topological polar surface area (TPSA) is 38.8 Å². The van der Waals surface area contributed by atoms with Crippen LogP contribution in [0.25, 0.3) is 0 Å². The van der Waals surface area contributed by atoms with Gasteiger partial charge >= 0.3 is 0 Å². The fraction of sp³-hybridized carbons (Fsp3) is 0.278. The Morgan fingerprint density at radius 2 is 1.76 bits per heavy atom. The van der Waals surface area contributed by atoms with Gasteiger partial charge in [-0.1, -0.05) is 0 Å². The van der Waals surface area contributed by atoms with Gasteiger partial charge in [0.1, 0.15) is 35.9 Å². The number of hydrogen-bond donors (Lipinski definition) is 0. The van der Waals surface area contributed by atoms with Crippen molar-refractivity contribution in [1.82, 2.24) is 4.90 Å². The zero-order chi connectivity index (χ0) is 17.8. The highest BCUT2D eigenvalue weighted by Crippen LogP contribution is 2.16. The van der Waals surface area contributed by atoms with Crippen LogP contribution in [0, 0.1) is 17.5 Å². The van der Waals surface area contributed by atoms with Crippen LogP contribution in [-0.4, -0.2) is 43.2 Å². The second-order valence-corrected chi connectivity index (χ2v) is 5.67. The molecule has 0 radical (unpaired) electrons. The van der Waals surface area contributed by atoms with Gasteiger partial charge in [-0.3, -0.25) is 4.79 Å². The standard InChI is InChI=1S/C18H16F3NO3/c19-13-1-3-16(4-2-13)25-11-17-10-22(5-6-24-17)18(23)12-7-14(20)9-15(21)8-12/h1-4,7-9,17H,5-6,10-11H2. The van der Waals surface area contributed by atoms with Crippen molar-refractivity contribution in [3.63, 3.8) is 0 Å². The van der Waals surface area contributed by atoms with Crippen LogP contribution >= 0.6 is 0 Å². The van der Waals surface area contributed by atoms with Gasteiger partial charge in [-0.25, -0.2) is 13.2 Å². The van der Waals surface area contributed by atoms with Crippen molar-refractivity contribution in [2.24, 2.45) is 0 Å². The molecule has 1 saturated heterocycles. The number of benzene rings is 2. The molecule has 1 fully saturated rings. The number of carbonyl (C=O) groups is 1. The quantitative estimate of drug-likeness (QED) is 0.850. The summed E-state index contributed by atoms with van der Waals surface area (Å²) in [6.07, 6.45) is -0.388. The van der Waals surface area contributed by atoms with E-state index in [0.717, 1.165) is 18.2 Å². The molecule has 4 nitrogen and oxygen atoms in total. The molecule has 1 aliphatic rings. The first-order valence-electron chi connectivity index (χ1n) is 7.76. The van der Waals surface area contributed by atoms with Gasteiger partial charge in [0.25, 0.3) is 5.91 Å². The highest BCUT2D eigenvalue weighted by Gasteiger charge is 2.26. The summed E-state index contributed by atoms with van der Waals surface area (Å²) >= 11 is 0. The van der Waals surface area contributed by atoms with E-state index in [9.17, 15) is 18.0 Å². The number of halogens is 3. The number of carbonyl (C=O) groups excluding carboxylic acids is 1. The number of amides is 1. The van der Waals surface area contributed by atoms with Crippen molar-refractivity contribution >= 4 is 5.91 Å². The third kappa shape index (κ3) is 4.51. The molecule has 2 aromatic rings. The summed E-state index contributed by atoms with van der Waals surface area (Å²) in [5, 5.41) is 0. The molecule has 1 atom stereocenters. The van der Waals surface area contributed by atoms with Gasteiger partial charge in [0.2, 0.25) is 0 Å². The Bertz CT molecular complexity index is 731. The molecule has 0 N–H and O–H groups in total. The van der Waals surface area contributed by atoms with Gasteiger partial charge in [0, 0.05) is 18.2 Å². The fourth-order valence-corrected chi connectivity index (χ4v) is 2.58. The van der Waals surface area contributed by atoms with Crippen LogP contribution in [0.1, 0.15) is 10.4 Å². The van der Waals surface area contributed by atoms with Crippen molar-refractivity contribution in [3.8, 4) is 5.75 Å². The van der Waals surface area contributed by atoms with Crippen molar-refractivity contribution in [3.05, 3.63) is 65.5 Å². The molecule has 1 amide bonds. The predicted octanol–water partition coefficient (Wildman–Crippen LogP) is 3.02. The Morgan fingerprint density at radius 3 is 2.44 bits per heavy atom. The molecular weight excluding hydrogens is 335 g/mol. The van der Waals surface area contributed by atoms with Crippen LogP contribution < -0.4 is 4.74 Å². The first-order valence-corrected chi connectivity index (χ1v) is 7.76. The number of morpholine rings is 1. The van der Waals surface area contributed by atoms with Gasteiger partial charge < -0.3 is 14.4 Å². The molecular formula is C18H16F3NO3. The molecule has 7 heteroatoms. The smallest absolute Gasteiger partial charge is 0.254 e. The van der Waals surface area contributed by atoms with Crippen LogP contribution in [0.2, 0.25) is 0 Å². The Morgan fingerprint density at radius 1 is 1.08 bits per heavy atom. The first-order chi connectivity index (χ1) is 12.0. The Kier molecular flexibility index (Phi) is 5.23. The molecule has 0 aromatic heterocycles. The Hall–Kier alpha value is -2.54. The van der Waals surface area contributed by atoms with Gasteiger partial charge in [0.05, 0.1) is 13.2 Å². The Labute approximate surface area is 142 Å². The van der Waals surface area contributed by atoms with Crippen molar-refractivity contribution in [2.75, 3.05) is 26.3 Å². The summed E-state index contributed by atoms with van der Waals surface area (Å²) in [4.78, 5) is 13.9. The van der Waals surface area contributed by atoms with Crippen molar-refractivity contribution in [1.29, 1.82) is 0 Å². The zero-order valence-electron chi connectivity index (χ0n) is 13.3. The first kappa shape index (κ1) is 17.3. The monoisotopic (exact) mass is 351 g/mol. The molecule has 132 valence electrons. The number of nitrogens with zero attached hydrogens (tertiary/aromatic N) is 1. The zero-order valence-corrected chi connectivity index (χ0v) is 13.3. The van der Waals surface area contributed by atoms with Crippen molar-refractivity contribution < 1.29 is 27.4 Å². The highest BCUT2D eigenvalue weighted by molar-refractivity contribution is 5.94. The number of ether oxygens (including phenoxy) is 2. The van der Waals surface area contributed by atoms with E-state index in [0.29, 0.717) is 18.9 Å². The van der Waals surface area contributed by atoms with Crippen LogP contribution in [0.5, 0.6) is 5.75 Å². The lowest BCUT2D eigenvalue weighted by Gasteiger charge is -2.33. The van der Waals surface area contributed by atoms with E-state index in [1.54, 1.807) is 0 Å². The third-order valence-electron chi connectivity index (χ3n) is 3.79. The van der Waals surface area contributed by atoms with E-state index in [1.165, 1.54) is 29.2 Å². The summed E-state index contributed by atoms with van der Waals surface area (Å²) in [6, 6.07) is 8.29. The third-order valence-corrected chi connectivity index (χ3v) is 3.79. The van der Waals surface area contributed by atoms with Crippen LogP contribution in [0.4, 0.5) is 13.2 Å². The maximum atomic E-state index is 13.3. The van der Waals surface area contributed by atoms with Crippen molar-refractivity contribution in [2.45, 2.75) is 6.10 Å². The maximum Gasteiger partial charge on any atom is 0.254 e. The maximum absolute atomic E-state index is 13.3. The molecule has 2 aromatic carbocycles. The molecule has 0 spiro atoms. The molecule has 3 rings (SSSR count).